The van der Waals surface area contributed by atoms with Crippen molar-refractivity contribution in [3.63, 3.8) is 0 Å². The molecule has 0 spiro atoms. The molecule has 19 heavy (non-hydrogen) atoms. The number of nitrogens with zero attached hydrogens (tertiary/aromatic N) is 3. The summed E-state index contributed by atoms with van der Waals surface area (Å²) in [5, 5.41) is 0. The Morgan fingerprint density at radius 2 is 2.21 bits per heavy atom. The number of carbonyl (C=O) groups is 1. The highest BCUT2D eigenvalue weighted by Gasteiger charge is 2.25. The number of amides is 1. The Bertz CT molecular complexity index is 544. The molecule has 0 atom stereocenters. The van der Waals surface area contributed by atoms with Gasteiger partial charge in [0.1, 0.15) is 6.54 Å². The van der Waals surface area contributed by atoms with Crippen LogP contribution in [0.1, 0.15) is 25.3 Å². The van der Waals surface area contributed by atoms with Gasteiger partial charge in [0, 0.05) is 38.4 Å². The maximum Gasteiger partial charge on any atom is 0.328 e. The number of rotatable bonds is 6. The number of imidazole rings is 1. The Balaban J connectivity index is 1.94. The van der Waals surface area contributed by atoms with Crippen LogP contribution in [-0.2, 0) is 11.3 Å². The summed E-state index contributed by atoms with van der Waals surface area (Å²) in [5.41, 5.74) is 5.28. The molecule has 1 aromatic rings. The zero-order valence-corrected chi connectivity index (χ0v) is 11.7. The summed E-state index contributed by atoms with van der Waals surface area (Å²) in [4.78, 5) is 25.9. The van der Waals surface area contributed by atoms with Crippen molar-refractivity contribution in [3.8, 4) is 0 Å². The molecule has 1 aliphatic carbocycles. The number of thiocarbonyl (C=S) groups is 1. The van der Waals surface area contributed by atoms with Crippen molar-refractivity contribution in [2.24, 2.45) is 5.73 Å². The lowest BCUT2D eigenvalue weighted by molar-refractivity contribution is -0.130. The van der Waals surface area contributed by atoms with Crippen LogP contribution in [-0.4, -0.2) is 38.5 Å². The van der Waals surface area contributed by atoms with Crippen molar-refractivity contribution >= 4 is 23.1 Å². The van der Waals surface area contributed by atoms with Crippen LogP contribution in [0.15, 0.2) is 17.2 Å². The van der Waals surface area contributed by atoms with E-state index >= 15 is 0 Å². The molecule has 1 amide bonds. The number of likely N-dealkylation sites (N-methyl/N-ethyl adjacent to an activating group) is 1. The largest absolute Gasteiger partial charge is 0.393 e. The molecule has 104 valence electrons. The molecule has 1 heterocycles. The van der Waals surface area contributed by atoms with Gasteiger partial charge in [-0.25, -0.2) is 4.79 Å². The van der Waals surface area contributed by atoms with Gasteiger partial charge in [-0.3, -0.25) is 13.9 Å². The van der Waals surface area contributed by atoms with Crippen LogP contribution in [0.3, 0.4) is 0 Å². The summed E-state index contributed by atoms with van der Waals surface area (Å²) < 4.78 is 3.14. The summed E-state index contributed by atoms with van der Waals surface area (Å²) in [6, 6.07) is 0.330. The van der Waals surface area contributed by atoms with Gasteiger partial charge in [-0.2, -0.15) is 0 Å². The van der Waals surface area contributed by atoms with Crippen molar-refractivity contribution in [3.05, 3.63) is 22.9 Å². The molecule has 0 aromatic carbocycles. The van der Waals surface area contributed by atoms with Gasteiger partial charge in [0.05, 0.1) is 4.99 Å². The average molecular weight is 282 g/mol. The fourth-order valence-corrected chi connectivity index (χ4v) is 1.94. The fourth-order valence-electron chi connectivity index (χ4n) is 1.85. The Hall–Kier alpha value is -1.63. The zero-order valence-electron chi connectivity index (χ0n) is 10.9. The summed E-state index contributed by atoms with van der Waals surface area (Å²) >= 11 is 4.77. The highest BCUT2D eigenvalue weighted by Crippen LogP contribution is 2.33. The van der Waals surface area contributed by atoms with Crippen LogP contribution < -0.4 is 11.4 Å². The zero-order chi connectivity index (χ0) is 14.0. The van der Waals surface area contributed by atoms with Gasteiger partial charge in [-0.05, 0) is 12.8 Å². The normalized spacial score (nSPS) is 14.4. The molecule has 1 fully saturated rings. The lowest BCUT2D eigenvalue weighted by atomic mass is 10.4. The average Bonchev–Trinajstić information content (AvgIpc) is 3.13. The third-order valence-corrected chi connectivity index (χ3v) is 3.44. The third kappa shape index (κ3) is 3.44. The molecule has 1 aromatic heterocycles. The molecular weight excluding hydrogens is 264 g/mol. The Kier molecular flexibility index (Phi) is 4.04. The number of hydrogen-bond acceptors (Lipinski definition) is 3. The van der Waals surface area contributed by atoms with Crippen LogP contribution >= 0.6 is 12.2 Å². The number of carbonyl (C=O) groups excluding carboxylic acids is 1. The van der Waals surface area contributed by atoms with Crippen molar-refractivity contribution in [2.75, 3.05) is 13.6 Å². The molecule has 0 bridgehead atoms. The smallest absolute Gasteiger partial charge is 0.328 e. The minimum atomic E-state index is -0.119. The summed E-state index contributed by atoms with van der Waals surface area (Å²) in [7, 11) is 1.68. The van der Waals surface area contributed by atoms with Crippen LogP contribution in [0.5, 0.6) is 0 Å². The second-order valence-corrected chi connectivity index (χ2v) is 5.40. The molecule has 0 radical (unpaired) electrons. The van der Waals surface area contributed by atoms with Crippen molar-refractivity contribution in [1.82, 2.24) is 14.0 Å². The topological polar surface area (TPSA) is 73.3 Å². The fraction of sp³-hybridized carbons (Fsp3) is 0.583. The molecule has 2 N–H and O–H groups in total. The van der Waals surface area contributed by atoms with Crippen LogP contribution in [0.2, 0.25) is 0 Å². The van der Waals surface area contributed by atoms with E-state index in [9.17, 15) is 9.59 Å². The van der Waals surface area contributed by atoms with E-state index in [4.69, 9.17) is 18.0 Å². The quantitative estimate of drug-likeness (QED) is 0.752. The van der Waals surface area contributed by atoms with Crippen LogP contribution in [0, 0.1) is 0 Å². The molecule has 0 unspecified atom stereocenters. The predicted octanol–water partition coefficient (Wildman–Crippen LogP) is 0.119. The van der Waals surface area contributed by atoms with Gasteiger partial charge < -0.3 is 10.6 Å². The first-order chi connectivity index (χ1) is 8.99. The molecule has 0 saturated heterocycles. The van der Waals surface area contributed by atoms with E-state index in [2.05, 4.69) is 0 Å². The standard InChI is InChI=1S/C12H18N4O2S/c1-14(5-4-10(13)19)11(17)8-15-6-7-16(12(15)18)9-2-3-9/h6-7,9H,2-5,8H2,1H3,(H2,13,19). The lowest BCUT2D eigenvalue weighted by Crippen LogP contribution is -2.35. The summed E-state index contributed by atoms with van der Waals surface area (Å²) in [5.74, 6) is -0.119. The lowest BCUT2D eigenvalue weighted by Gasteiger charge is -2.16. The van der Waals surface area contributed by atoms with Crippen molar-refractivity contribution in [2.45, 2.75) is 31.8 Å². The number of hydrogen-bond donors (Lipinski definition) is 1. The summed E-state index contributed by atoms with van der Waals surface area (Å²) in [6.07, 6.45) is 6.01. The van der Waals surface area contributed by atoms with Gasteiger partial charge >= 0.3 is 5.69 Å². The molecule has 7 heteroatoms. The molecule has 1 aliphatic rings. The van der Waals surface area contributed by atoms with Gasteiger partial charge in [-0.1, -0.05) is 12.2 Å². The van der Waals surface area contributed by atoms with Gasteiger partial charge in [0.15, 0.2) is 0 Å². The van der Waals surface area contributed by atoms with E-state index in [-0.39, 0.29) is 18.1 Å². The monoisotopic (exact) mass is 282 g/mol. The Labute approximate surface area is 116 Å². The first-order valence-corrected chi connectivity index (χ1v) is 6.69. The van der Waals surface area contributed by atoms with E-state index in [1.54, 1.807) is 28.9 Å². The molecule has 6 nitrogen and oxygen atoms in total. The second kappa shape index (κ2) is 5.56. The van der Waals surface area contributed by atoms with Crippen LogP contribution in [0.4, 0.5) is 0 Å². The molecule has 1 saturated carbocycles. The van der Waals surface area contributed by atoms with E-state index in [1.807, 2.05) is 0 Å². The van der Waals surface area contributed by atoms with Gasteiger partial charge in [-0.15, -0.1) is 0 Å². The van der Waals surface area contributed by atoms with E-state index in [1.165, 1.54) is 4.57 Å². The Morgan fingerprint density at radius 3 is 2.79 bits per heavy atom. The van der Waals surface area contributed by atoms with Crippen LogP contribution in [0.25, 0.3) is 0 Å². The van der Waals surface area contributed by atoms with E-state index in [0.717, 1.165) is 12.8 Å². The van der Waals surface area contributed by atoms with Gasteiger partial charge in [0.25, 0.3) is 0 Å². The van der Waals surface area contributed by atoms with E-state index < -0.39 is 0 Å². The first kappa shape index (κ1) is 13.8. The first-order valence-electron chi connectivity index (χ1n) is 6.28. The minimum absolute atomic E-state index is 0.0619. The number of nitrogens with two attached hydrogens (primary N) is 1. The summed E-state index contributed by atoms with van der Waals surface area (Å²) in [6.45, 7) is 0.540. The van der Waals surface area contributed by atoms with Crippen molar-refractivity contribution < 1.29 is 4.79 Å². The minimum Gasteiger partial charge on any atom is -0.393 e. The van der Waals surface area contributed by atoms with Crippen molar-refractivity contribution in [1.29, 1.82) is 0 Å². The third-order valence-electron chi connectivity index (χ3n) is 3.24. The maximum atomic E-state index is 12.0. The predicted molar refractivity (Wildman–Crippen MR) is 76.0 cm³/mol. The molecule has 2 rings (SSSR count). The highest BCUT2D eigenvalue weighted by molar-refractivity contribution is 7.80. The Morgan fingerprint density at radius 1 is 1.53 bits per heavy atom. The maximum absolute atomic E-state index is 12.0. The number of aromatic nitrogens is 2. The molecular formula is C12H18N4O2S. The second-order valence-electron chi connectivity index (χ2n) is 4.88. The highest BCUT2D eigenvalue weighted by atomic mass is 32.1. The SMILES string of the molecule is CN(CCC(N)=S)C(=O)Cn1ccn(C2CC2)c1=O. The molecule has 0 aliphatic heterocycles. The van der Waals surface area contributed by atoms with Gasteiger partial charge in [0.2, 0.25) is 5.91 Å². The van der Waals surface area contributed by atoms with E-state index in [0.29, 0.717) is 24.0 Å².